The molecule has 0 aliphatic rings. The molecule has 0 saturated carbocycles. The van der Waals surface area contributed by atoms with E-state index in [2.05, 4.69) is 5.32 Å². The number of esters is 1. The average molecular weight is 232 g/mol. The number of ether oxygens (including phenoxy) is 1. The molecule has 5 heteroatoms. The SMILES string of the molecule is CCCC(C)(C)OC(=O)[C@H](CO)NCCN. The molecule has 5 nitrogen and oxygen atoms in total. The van der Waals surface area contributed by atoms with Gasteiger partial charge in [-0.25, -0.2) is 0 Å². The van der Waals surface area contributed by atoms with E-state index in [-0.39, 0.29) is 6.61 Å². The Morgan fingerprint density at radius 1 is 1.56 bits per heavy atom. The van der Waals surface area contributed by atoms with Crippen molar-refractivity contribution in [2.45, 2.75) is 45.3 Å². The minimum atomic E-state index is -0.681. The fourth-order valence-corrected chi connectivity index (χ4v) is 1.48. The molecule has 0 spiro atoms. The van der Waals surface area contributed by atoms with Gasteiger partial charge in [-0.3, -0.25) is 4.79 Å². The highest BCUT2D eigenvalue weighted by molar-refractivity contribution is 5.76. The second-order valence-electron chi connectivity index (χ2n) is 4.41. The molecule has 0 radical (unpaired) electrons. The minimum absolute atomic E-state index is 0.277. The molecule has 0 rings (SSSR count). The average Bonchev–Trinajstić information content (AvgIpc) is 2.17. The lowest BCUT2D eigenvalue weighted by molar-refractivity contribution is -0.160. The van der Waals surface area contributed by atoms with Crippen molar-refractivity contribution in [2.75, 3.05) is 19.7 Å². The summed E-state index contributed by atoms with van der Waals surface area (Å²) in [6, 6.07) is -0.681. The third-order valence-electron chi connectivity index (χ3n) is 2.23. The van der Waals surface area contributed by atoms with Gasteiger partial charge < -0.3 is 20.9 Å². The zero-order chi connectivity index (χ0) is 12.6. The Morgan fingerprint density at radius 3 is 2.62 bits per heavy atom. The van der Waals surface area contributed by atoms with Crippen LogP contribution in [0, 0.1) is 0 Å². The molecule has 96 valence electrons. The first kappa shape index (κ1) is 15.3. The van der Waals surface area contributed by atoms with Crippen LogP contribution in [-0.4, -0.2) is 42.4 Å². The van der Waals surface area contributed by atoms with Crippen LogP contribution in [0.5, 0.6) is 0 Å². The van der Waals surface area contributed by atoms with Crippen LogP contribution in [0.15, 0.2) is 0 Å². The second-order valence-corrected chi connectivity index (χ2v) is 4.41. The third kappa shape index (κ3) is 6.05. The van der Waals surface area contributed by atoms with Crippen molar-refractivity contribution in [3.05, 3.63) is 0 Å². The standard InChI is InChI=1S/C11H24N2O3/c1-4-5-11(2,3)16-10(15)9(8-14)13-7-6-12/h9,13-14H,4-8,12H2,1-3H3/t9-/m0/s1. The monoisotopic (exact) mass is 232 g/mol. The summed E-state index contributed by atoms with van der Waals surface area (Å²) in [6.45, 7) is 6.39. The number of nitrogens with two attached hydrogens (primary N) is 1. The Morgan fingerprint density at radius 2 is 2.19 bits per heavy atom. The summed E-state index contributed by atoms with van der Waals surface area (Å²) in [7, 11) is 0. The van der Waals surface area contributed by atoms with E-state index in [1.165, 1.54) is 0 Å². The lowest BCUT2D eigenvalue weighted by atomic mass is 10.0. The van der Waals surface area contributed by atoms with Crippen molar-refractivity contribution in [3.63, 3.8) is 0 Å². The second kappa shape index (κ2) is 7.60. The fourth-order valence-electron chi connectivity index (χ4n) is 1.48. The van der Waals surface area contributed by atoms with Gasteiger partial charge in [0, 0.05) is 13.1 Å². The van der Waals surface area contributed by atoms with Gasteiger partial charge in [-0.1, -0.05) is 13.3 Å². The van der Waals surface area contributed by atoms with Crippen molar-refractivity contribution in [1.82, 2.24) is 5.32 Å². The van der Waals surface area contributed by atoms with Crippen molar-refractivity contribution in [3.8, 4) is 0 Å². The van der Waals surface area contributed by atoms with Gasteiger partial charge in [-0.05, 0) is 20.3 Å². The number of aliphatic hydroxyl groups excluding tert-OH is 1. The highest BCUT2D eigenvalue weighted by Crippen LogP contribution is 2.17. The Hall–Kier alpha value is -0.650. The van der Waals surface area contributed by atoms with E-state index in [1.807, 2.05) is 20.8 Å². The first-order chi connectivity index (χ1) is 7.46. The summed E-state index contributed by atoms with van der Waals surface area (Å²) >= 11 is 0. The Kier molecular flexibility index (Phi) is 7.29. The van der Waals surface area contributed by atoms with Crippen LogP contribution in [0.2, 0.25) is 0 Å². The van der Waals surface area contributed by atoms with Gasteiger partial charge in [0.15, 0.2) is 0 Å². The Labute approximate surface area is 97.3 Å². The van der Waals surface area contributed by atoms with Crippen molar-refractivity contribution >= 4 is 5.97 Å². The molecule has 0 aromatic rings. The number of nitrogens with one attached hydrogen (secondary N) is 1. The molecule has 16 heavy (non-hydrogen) atoms. The largest absolute Gasteiger partial charge is 0.458 e. The van der Waals surface area contributed by atoms with E-state index in [0.717, 1.165) is 12.8 Å². The van der Waals surface area contributed by atoms with Crippen LogP contribution in [0.3, 0.4) is 0 Å². The Bertz CT molecular complexity index is 207. The molecule has 0 saturated heterocycles. The molecule has 4 N–H and O–H groups in total. The van der Waals surface area contributed by atoms with Gasteiger partial charge in [0.1, 0.15) is 11.6 Å². The topological polar surface area (TPSA) is 84.6 Å². The number of aliphatic hydroxyl groups is 1. The van der Waals surface area contributed by atoms with E-state index in [1.54, 1.807) is 0 Å². The maximum atomic E-state index is 11.7. The summed E-state index contributed by atoms with van der Waals surface area (Å²) < 4.78 is 5.33. The van der Waals surface area contributed by atoms with Crippen molar-refractivity contribution in [1.29, 1.82) is 0 Å². The van der Waals surface area contributed by atoms with E-state index < -0.39 is 17.6 Å². The zero-order valence-electron chi connectivity index (χ0n) is 10.5. The minimum Gasteiger partial charge on any atom is -0.458 e. The first-order valence-corrected chi connectivity index (χ1v) is 5.74. The van der Waals surface area contributed by atoms with E-state index >= 15 is 0 Å². The highest BCUT2D eigenvalue weighted by Gasteiger charge is 2.26. The quantitative estimate of drug-likeness (QED) is 0.514. The molecule has 0 aliphatic carbocycles. The maximum absolute atomic E-state index is 11.7. The molecule has 0 heterocycles. The summed E-state index contributed by atoms with van der Waals surface area (Å²) in [5.74, 6) is -0.422. The van der Waals surface area contributed by atoms with E-state index in [0.29, 0.717) is 13.1 Å². The summed E-state index contributed by atoms with van der Waals surface area (Å²) in [5, 5.41) is 11.9. The third-order valence-corrected chi connectivity index (χ3v) is 2.23. The number of hydrogen-bond donors (Lipinski definition) is 3. The highest BCUT2D eigenvalue weighted by atomic mass is 16.6. The maximum Gasteiger partial charge on any atom is 0.326 e. The van der Waals surface area contributed by atoms with E-state index in [4.69, 9.17) is 15.6 Å². The van der Waals surface area contributed by atoms with Gasteiger partial charge in [0.2, 0.25) is 0 Å². The van der Waals surface area contributed by atoms with Gasteiger partial charge in [-0.15, -0.1) is 0 Å². The number of carbonyl (C=O) groups is 1. The normalized spacial score (nSPS) is 13.6. The smallest absolute Gasteiger partial charge is 0.326 e. The zero-order valence-corrected chi connectivity index (χ0v) is 10.5. The van der Waals surface area contributed by atoms with Gasteiger partial charge in [-0.2, -0.15) is 0 Å². The predicted octanol–water partition coefficient (Wildman–Crippen LogP) is 0.0175. The fraction of sp³-hybridized carbons (Fsp3) is 0.909. The summed E-state index contributed by atoms with van der Waals surface area (Å²) in [6.07, 6.45) is 1.74. The molecule has 0 aromatic heterocycles. The van der Waals surface area contributed by atoms with Crippen LogP contribution < -0.4 is 11.1 Å². The Balaban J connectivity index is 4.19. The summed E-state index contributed by atoms with van der Waals surface area (Å²) in [5.41, 5.74) is 4.83. The number of rotatable bonds is 8. The first-order valence-electron chi connectivity index (χ1n) is 5.74. The van der Waals surface area contributed by atoms with Crippen molar-refractivity contribution < 1.29 is 14.6 Å². The number of carbonyl (C=O) groups excluding carboxylic acids is 1. The molecular weight excluding hydrogens is 208 g/mol. The lowest BCUT2D eigenvalue weighted by Crippen LogP contribution is -2.45. The molecule has 0 unspecified atom stereocenters. The van der Waals surface area contributed by atoms with Crippen LogP contribution in [0.4, 0.5) is 0 Å². The van der Waals surface area contributed by atoms with Crippen molar-refractivity contribution in [2.24, 2.45) is 5.73 Å². The predicted molar refractivity (Wildman–Crippen MR) is 63.0 cm³/mol. The summed E-state index contributed by atoms with van der Waals surface area (Å²) in [4.78, 5) is 11.7. The van der Waals surface area contributed by atoms with Crippen LogP contribution >= 0.6 is 0 Å². The van der Waals surface area contributed by atoms with Crippen LogP contribution in [0.1, 0.15) is 33.6 Å². The van der Waals surface area contributed by atoms with Crippen LogP contribution in [-0.2, 0) is 9.53 Å². The van der Waals surface area contributed by atoms with Gasteiger partial charge in [0.05, 0.1) is 6.61 Å². The van der Waals surface area contributed by atoms with Gasteiger partial charge >= 0.3 is 5.97 Å². The molecule has 0 aliphatic heterocycles. The molecular formula is C11H24N2O3. The molecule has 0 amide bonds. The molecule has 0 bridgehead atoms. The molecule has 0 aromatic carbocycles. The number of hydrogen-bond acceptors (Lipinski definition) is 5. The van der Waals surface area contributed by atoms with Crippen LogP contribution in [0.25, 0.3) is 0 Å². The molecule has 1 atom stereocenters. The molecule has 0 fully saturated rings. The lowest BCUT2D eigenvalue weighted by Gasteiger charge is -2.27. The van der Waals surface area contributed by atoms with Gasteiger partial charge in [0.25, 0.3) is 0 Å². The van der Waals surface area contributed by atoms with E-state index in [9.17, 15) is 4.79 Å².